The molecule has 2 aromatic rings. The van der Waals surface area contributed by atoms with Crippen LogP contribution in [0.3, 0.4) is 0 Å². The van der Waals surface area contributed by atoms with E-state index in [9.17, 15) is 4.79 Å². The topological polar surface area (TPSA) is 45.8 Å². The number of fused-ring (bicyclic) bond motifs is 3. The number of nitrogens with zero attached hydrogens (tertiary/aromatic N) is 1. The average Bonchev–Trinajstić information content (AvgIpc) is 3.14. The molecule has 138 valence electrons. The number of H-pyrrole nitrogens is 1. The Hall–Kier alpha value is -1.90. The maximum absolute atomic E-state index is 13.3. The first-order chi connectivity index (χ1) is 12.4. The molecule has 1 fully saturated rings. The van der Waals surface area contributed by atoms with Gasteiger partial charge in [0.25, 0.3) is 0 Å². The smallest absolute Gasteiger partial charge is 0.201 e. The Kier molecular flexibility index (Phi) is 4.29. The zero-order valence-electron chi connectivity index (χ0n) is 16.4. The molecule has 4 atom stereocenters. The number of nitrogens with one attached hydrogen (secondary N) is 1. The van der Waals surface area contributed by atoms with E-state index >= 15 is 0 Å². The van der Waals surface area contributed by atoms with Gasteiger partial charge in [0.1, 0.15) is 0 Å². The van der Waals surface area contributed by atoms with E-state index in [0.29, 0.717) is 23.6 Å². The summed E-state index contributed by atoms with van der Waals surface area (Å²) < 4.78 is 0. The zero-order chi connectivity index (χ0) is 18.5. The largest absolute Gasteiger partial charge is 0.342 e. The first-order valence-electron chi connectivity index (χ1n) is 10.1. The van der Waals surface area contributed by atoms with E-state index in [-0.39, 0.29) is 17.1 Å². The lowest BCUT2D eigenvalue weighted by molar-refractivity contribution is 0.0491. The molecule has 4 rings (SSSR count). The van der Waals surface area contributed by atoms with Gasteiger partial charge in [-0.3, -0.25) is 4.79 Å². The summed E-state index contributed by atoms with van der Waals surface area (Å²) >= 11 is 0. The number of carbonyl (C=O) groups is 1. The van der Waals surface area contributed by atoms with E-state index in [1.54, 1.807) is 12.4 Å². The molecule has 1 aromatic heterocycles. The Balaban J connectivity index is 1.83. The number of Topliss-reactive ketones (excluding diaryl/α,β-unsaturated/α-hetero) is 1. The van der Waals surface area contributed by atoms with Gasteiger partial charge in [0.2, 0.25) is 5.78 Å². The monoisotopic (exact) mass is 350 g/mol. The maximum atomic E-state index is 13.3. The van der Waals surface area contributed by atoms with Crippen LogP contribution in [0, 0.1) is 17.8 Å². The second-order valence-corrected chi connectivity index (χ2v) is 9.00. The van der Waals surface area contributed by atoms with Crippen LogP contribution in [0.2, 0.25) is 0 Å². The normalized spacial score (nSPS) is 30.7. The molecule has 0 spiro atoms. The Morgan fingerprint density at radius 2 is 2.15 bits per heavy atom. The minimum absolute atomic E-state index is 0.0244. The SMILES string of the molecule is CC(C)c1ccc2c(c1)CC(C(=O)c1ncc[nH]1)[C@H]1[C@@H](C)CCC[C@]21C. The van der Waals surface area contributed by atoms with Gasteiger partial charge in [-0.15, -0.1) is 0 Å². The van der Waals surface area contributed by atoms with Crippen molar-refractivity contribution >= 4 is 5.78 Å². The van der Waals surface area contributed by atoms with Gasteiger partial charge in [-0.25, -0.2) is 4.98 Å². The number of aromatic amines is 1. The maximum Gasteiger partial charge on any atom is 0.201 e. The summed E-state index contributed by atoms with van der Waals surface area (Å²) in [6.45, 7) is 9.23. The number of aromatic nitrogens is 2. The molecule has 1 heterocycles. The predicted octanol–water partition coefficient (Wildman–Crippen LogP) is 5.28. The van der Waals surface area contributed by atoms with E-state index in [2.05, 4.69) is 55.9 Å². The predicted molar refractivity (Wildman–Crippen MR) is 105 cm³/mol. The summed E-state index contributed by atoms with van der Waals surface area (Å²) in [7, 11) is 0. The number of hydrogen-bond donors (Lipinski definition) is 1. The Morgan fingerprint density at radius 1 is 1.35 bits per heavy atom. The number of ketones is 1. The average molecular weight is 351 g/mol. The van der Waals surface area contributed by atoms with Crippen LogP contribution in [0.4, 0.5) is 0 Å². The van der Waals surface area contributed by atoms with Crippen LogP contribution in [0.15, 0.2) is 30.6 Å². The van der Waals surface area contributed by atoms with Gasteiger partial charge in [0, 0.05) is 18.3 Å². The first kappa shape index (κ1) is 17.5. The summed E-state index contributed by atoms with van der Waals surface area (Å²) in [5.74, 6) is 2.22. The van der Waals surface area contributed by atoms with Crippen LogP contribution < -0.4 is 0 Å². The molecular formula is C23H30N2O. The van der Waals surface area contributed by atoms with Crippen LogP contribution in [0.1, 0.15) is 80.2 Å². The second-order valence-electron chi connectivity index (χ2n) is 9.00. The molecule has 2 aliphatic rings. The van der Waals surface area contributed by atoms with Crippen molar-refractivity contribution in [3.8, 4) is 0 Å². The van der Waals surface area contributed by atoms with E-state index in [1.807, 2.05) is 0 Å². The van der Waals surface area contributed by atoms with Gasteiger partial charge in [-0.2, -0.15) is 0 Å². The molecular weight excluding hydrogens is 320 g/mol. The molecule has 26 heavy (non-hydrogen) atoms. The van der Waals surface area contributed by atoms with E-state index < -0.39 is 0 Å². The third-order valence-electron chi connectivity index (χ3n) is 7.06. The van der Waals surface area contributed by atoms with E-state index in [4.69, 9.17) is 0 Å². The standard InChI is InChI=1S/C23H30N2O/c1-14(2)16-7-8-19-17(12-16)13-18(21(26)22-24-10-11-25-22)20-15(3)6-5-9-23(19,20)4/h7-8,10-12,14-15,18,20H,5-6,9,13H2,1-4H3,(H,24,25)/t15-,18?,20+,23+/m0/s1. The fourth-order valence-corrected chi connectivity index (χ4v) is 5.81. The van der Waals surface area contributed by atoms with Crippen molar-refractivity contribution < 1.29 is 4.79 Å². The van der Waals surface area contributed by atoms with Crippen LogP contribution in [-0.2, 0) is 11.8 Å². The first-order valence-corrected chi connectivity index (χ1v) is 10.1. The van der Waals surface area contributed by atoms with Crippen LogP contribution >= 0.6 is 0 Å². The lowest BCUT2D eigenvalue weighted by Crippen LogP contribution is -2.50. The van der Waals surface area contributed by atoms with Crippen molar-refractivity contribution in [3.05, 3.63) is 53.1 Å². The molecule has 0 saturated heterocycles. The number of benzene rings is 1. The zero-order valence-corrected chi connectivity index (χ0v) is 16.4. The fraction of sp³-hybridized carbons (Fsp3) is 0.565. The highest BCUT2D eigenvalue weighted by molar-refractivity contribution is 5.95. The van der Waals surface area contributed by atoms with E-state index in [0.717, 1.165) is 6.42 Å². The lowest BCUT2D eigenvalue weighted by atomic mass is 9.51. The van der Waals surface area contributed by atoms with Gasteiger partial charge < -0.3 is 4.98 Å². The highest BCUT2D eigenvalue weighted by Gasteiger charge is 2.51. The van der Waals surface area contributed by atoms with E-state index in [1.165, 1.54) is 36.0 Å². The molecule has 1 aromatic carbocycles. The molecule has 1 saturated carbocycles. The number of rotatable bonds is 3. The fourth-order valence-electron chi connectivity index (χ4n) is 5.81. The molecule has 0 amide bonds. The van der Waals surface area contributed by atoms with Gasteiger partial charge in [0.05, 0.1) is 0 Å². The van der Waals surface area contributed by atoms with Crippen molar-refractivity contribution in [2.24, 2.45) is 17.8 Å². The summed E-state index contributed by atoms with van der Waals surface area (Å²) in [6.07, 6.45) is 7.94. The third kappa shape index (κ3) is 2.64. The Bertz CT molecular complexity index is 808. The molecule has 3 nitrogen and oxygen atoms in total. The van der Waals surface area contributed by atoms with Gasteiger partial charge in [-0.1, -0.05) is 58.7 Å². The van der Waals surface area contributed by atoms with Crippen LogP contribution in [0.25, 0.3) is 0 Å². The Morgan fingerprint density at radius 3 is 2.85 bits per heavy atom. The summed E-state index contributed by atoms with van der Waals surface area (Å²) in [5.41, 5.74) is 4.34. The van der Waals surface area contributed by atoms with Crippen LogP contribution in [0.5, 0.6) is 0 Å². The molecule has 0 radical (unpaired) electrons. The van der Waals surface area contributed by atoms with Crippen molar-refractivity contribution in [1.82, 2.24) is 9.97 Å². The minimum atomic E-state index is 0.0244. The molecule has 0 bridgehead atoms. The quantitative estimate of drug-likeness (QED) is 0.765. The van der Waals surface area contributed by atoms with Gasteiger partial charge in [0.15, 0.2) is 5.82 Å². The number of imidazole rings is 1. The second kappa shape index (κ2) is 6.37. The number of carbonyl (C=O) groups excluding carboxylic acids is 1. The third-order valence-corrected chi connectivity index (χ3v) is 7.06. The lowest BCUT2D eigenvalue weighted by Gasteiger charge is -2.52. The molecule has 2 aliphatic carbocycles. The highest BCUT2D eigenvalue weighted by atomic mass is 16.1. The van der Waals surface area contributed by atoms with Crippen molar-refractivity contribution in [2.75, 3.05) is 0 Å². The van der Waals surface area contributed by atoms with Crippen molar-refractivity contribution in [1.29, 1.82) is 0 Å². The van der Waals surface area contributed by atoms with Crippen molar-refractivity contribution in [3.63, 3.8) is 0 Å². The highest BCUT2D eigenvalue weighted by Crippen LogP contribution is 2.55. The number of hydrogen-bond acceptors (Lipinski definition) is 2. The molecule has 1 unspecified atom stereocenters. The summed E-state index contributed by atoms with van der Waals surface area (Å²) in [4.78, 5) is 20.7. The molecule has 1 N–H and O–H groups in total. The Labute approximate surface area is 156 Å². The van der Waals surface area contributed by atoms with Gasteiger partial charge >= 0.3 is 0 Å². The summed E-state index contributed by atoms with van der Waals surface area (Å²) in [6, 6.07) is 7.03. The summed E-state index contributed by atoms with van der Waals surface area (Å²) in [5, 5.41) is 0. The minimum Gasteiger partial charge on any atom is -0.342 e. The molecule has 0 aliphatic heterocycles. The van der Waals surface area contributed by atoms with Gasteiger partial charge in [-0.05, 0) is 52.7 Å². The molecule has 3 heteroatoms. The van der Waals surface area contributed by atoms with Crippen molar-refractivity contribution in [2.45, 2.75) is 64.7 Å². The van der Waals surface area contributed by atoms with Crippen LogP contribution in [-0.4, -0.2) is 15.8 Å².